The molecule has 0 aliphatic rings. The number of rotatable bonds is 7. The minimum Gasteiger partial charge on any atom is -0.497 e. The average Bonchev–Trinajstić information content (AvgIpc) is 2.59. The van der Waals surface area contributed by atoms with Crippen molar-refractivity contribution in [3.05, 3.63) is 59.2 Å². The molecule has 0 aromatic heterocycles. The van der Waals surface area contributed by atoms with E-state index < -0.39 is 10.0 Å². The van der Waals surface area contributed by atoms with E-state index in [0.717, 1.165) is 22.4 Å². The molecule has 2 aromatic rings. The smallest absolute Gasteiger partial charge is 0.240 e. The summed E-state index contributed by atoms with van der Waals surface area (Å²) in [5.74, 6) is 0.848. The molecule has 0 heterocycles. The van der Waals surface area contributed by atoms with E-state index in [0.29, 0.717) is 6.54 Å². The molecule has 0 aliphatic carbocycles. The van der Waals surface area contributed by atoms with Crippen LogP contribution in [0.4, 0.5) is 0 Å². The number of hydrogen-bond donors (Lipinski definition) is 2. The van der Waals surface area contributed by atoms with Gasteiger partial charge in [-0.15, -0.1) is 0 Å². The van der Waals surface area contributed by atoms with Crippen LogP contribution in [0, 0.1) is 6.92 Å². The van der Waals surface area contributed by atoms with E-state index in [1.807, 2.05) is 31.2 Å². The van der Waals surface area contributed by atoms with Crippen LogP contribution < -0.4 is 14.8 Å². The minimum atomic E-state index is -3.39. The monoisotopic (exact) mass is 348 g/mol. The van der Waals surface area contributed by atoms with Crippen LogP contribution in [0.25, 0.3) is 0 Å². The number of sulfonamides is 1. The molecule has 2 N–H and O–H groups in total. The Bertz CT molecular complexity index is 786. The summed E-state index contributed by atoms with van der Waals surface area (Å²) in [6.07, 6.45) is 0. The van der Waals surface area contributed by atoms with Gasteiger partial charge in [0.25, 0.3) is 0 Å². The molecule has 0 saturated heterocycles. The SMILES string of the molecule is CNS(=O)(=O)c1ccc([C@@H](C)NCc2cc(C)cc(OC)c2)cc1. The molecule has 6 heteroatoms. The lowest BCUT2D eigenvalue weighted by molar-refractivity contribution is 0.413. The van der Waals surface area contributed by atoms with Crippen LogP contribution in [0.2, 0.25) is 0 Å². The van der Waals surface area contributed by atoms with Crippen LogP contribution in [0.1, 0.15) is 29.7 Å². The fourth-order valence-corrected chi connectivity index (χ4v) is 3.22. The van der Waals surface area contributed by atoms with E-state index >= 15 is 0 Å². The lowest BCUT2D eigenvalue weighted by Gasteiger charge is -2.16. The zero-order valence-electron chi connectivity index (χ0n) is 14.5. The number of ether oxygens (including phenoxy) is 1. The molecule has 0 unspecified atom stereocenters. The van der Waals surface area contributed by atoms with Gasteiger partial charge in [0.1, 0.15) is 5.75 Å². The van der Waals surface area contributed by atoms with E-state index in [-0.39, 0.29) is 10.9 Å². The van der Waals surface area contributed by atoms with Crippen molar-refractivity contribution in [2.45, 2.75) is 31.3 Å². The molecule has 2 rings (SSSR count). The molecule has 0 bridgehead atoms. The lowest BCUT2D eigenvalue weighted by atomic mass is 10.1. The van der Waals surface area contributed by atoms with Crippen LogP contribution >= 0.6 is 0 Å². The summed E-state index contributed by atoms with van der Waals surface area (Å²) in [5.41, 5.74) is 3.33. The molecule has 0 saturated carbocycles. The van der Waals surface area contributed by atoms with Crippen LogP contribution in [0.3, 0.4) is 0 Å². The molecule has 0 spiro atoms. The van der Waals surface area contributed by atoms with Gasteiger partial charge in [0.2, 0.25) is 10.0 Å². The maximum atomic E-state index is 11.7. The van der Waals surface area contributed by atoms with Gasteiger partial charge in [-0.05, 0) is 61.9 Å². The summed E-state index contributed by atoms with van der Waals surface area (Å²) >= 11 is 0. The second-order valence-electron chi connectivity index (χ2n) is 5.74. The van der Waals surface area contributed by atoms with E-state index in [9.17, 15) is 8.42 Å². The van der Waals surface area contributed by atoms with Crippen molar-refractivity contribution < 1.29 is 13.2 Å². The van der Waals surface area contributed by atoms with Crippen LogP contribution in [-0.4, -0.2) is 22.6 Å². The summed E-state index contributed by atoms with van der Waals surface area (Å²) in [6, 6.07) is 13.1. The maximum absolute atomic E-state index is 11.7. The second-order valence-corrected chi connectivity index (χ2v) is 7.62. The van der Waals surface area contributed by atoms with Gasteiger partial charge in [-0.2, -0.15) is 0 Å². The van der Waals surface area contributed by atoms with Crippen LogP contribution in [0.5, 0.6) is 5.75 Å². The highest BCUT2D eigenvalue weighted by atomic mass is 32.2. The Hall–Kier alpha value is -1.89. The zero-order chi connectivity index (χ0) is 17.7. The first kappa shape index (κ1) is 18.4. The fourth-order valence-electron chi connectivity index (χ4n) is 2.49. The Morgan fingerprint density at radius 1 is 1.12 bits per heavy atom. The molecule has 130 valence electrons. The highest BCUT2D eigenvalue weighted by Gasteiger charge is 2.12. The van der Waals surface area contributed by atoms with E-state index in [1.165, 1.54) is 7.05 Å². The topological polar surface area (TPSA) is 67.4 Å². The largest absolute Gasteiger partial charge is 0.497 e. The van der Waals surface area contributed by atoms with Crippen molar-refractivity contribution in [3.8, 4) is 5.75 Å². The molecule has 2 aromatic carbocycles. The Balaban J connectivity index is 2.05. The summed E-state index contributed by atoms with van der Waals surface area (Å²) < 4.78 is 31.1. The Morgan fingerprint density at radius 2 is 1.79 bits per heavy atom. The summed E-state index contributed by atoms with van der Waals surface area (Å²) in [7, 11) is -0.324. The summed E-state index contributed by atoms with van der Waals surface area (Å²) in [6.45, 7) is 4.79. The molecule has 24 heavy (non-hydrogen) atoms. The third kappa shape index (κ3) is 4.56. The molecule has 0 aliphatic heterocycles. The Morgan fingerprint density at radius 3 is 2.38 bits per heavy atom. The molecular formula is C18H24N2O3S. The zero-order valence-corrected chi connectivity index (χ0v) is 15.3. The number of nitrogens with one attached hydrogen (secondary N) is 2. The quantitative estimate of drug-likeness (QED) is 0.807. The van der Waals surface area contributed by atoms with Crippen molar-refractivity contribution in [3.63, 3.8) is 0 Å². The van der Waals surface area contributed by atoms with Crippen LogP contribution in [0.15, 0.2) is 47.4 Å². The van der Waals surface area contributed by atoms with Gasteiger partial charge in [-0.25, -0.2) is 13.1 Å². The lowest BCUT2D eigenvalue weighted by Crippen LogP contribution is -2.20. The van der Waals surface area contributed by atoms with Gasteiger partial charge >= 0.3 is 0 Å². The van der Waals surface area contributed by atoms with E-state index in [2.05, 4.69) is 23.0 Å². The standard InChI is InChI=1S/C18H24N2O3S/c1-13-9-15(11-17(10-13)23-4)12-20-14(2)16-5-7-18(8-6-16)24(21,22)19-3/h5-11,14,19-20H,12H2,1-4H3/t14-/m1/s1. The highest BCUT2D eigenvalue weighted by molar-refractivity contribution is 7.89. The molecule has 5 nitrogen and oxygen atoms in total. The van der Waals surface area contributed by atoms with Gasteiger partial charge in [0, 0.05) is 12.6 Å². The third-order valence-corrected chi connectivity index (χ3v) is 5.35. The highest BCUT2D eigenvalue weighted by Crippen LogP contribution is 2.19. The Kier molecular flexibility index (Phi) is 5.99. The first-order valence-corrected chi connectivity index (χ1v) is 9.25. The van der Waals surface area contributed by atoms with Crippen LogP contribution in [-0.2, 0) is 16.6 Å². The van der Waals surface area contributed by atoms with Crippen molar-refractivity contribution in [1.29, 1.82) is 0 Å². The van der Waals surface area contributed by atoms with Gasteiger partial charge in [-0.1, -0.05) is 18.2 Å². The minimum absolute atomic E-state index is 0.0999. The average molecular weight is 348 g/mol. The summed E-state index contributed by atoms with van der Waals surface area (Å²) in [4.78, 5) is 0.268. The van der Waals surface area contributed by atoms with Gasteiger partial charge in [0.15, 0.2) is 0 Å². The molecule has 0 amide bonds. The van der Waals surface area contributed by atoms with Crippen molar-refractivity contribution in [1.82, 2.24) is 10.0 Å². The number of methoxy groups -OCH3 is 1. The maximum Gasteiger partial charge on any atom is 0.240 e. The second kappa shape index (κ2) is 7.79. The first-order chi connectivity index (χ1) is 11.4. The van der Waals surface area contributed by atoms with Gasteiger partial charge in [0.05, 0.1) is 12.0 Å². The Labute approximate surface area is 144 Å². The third-order valence-electron chi connectivity index (χ3n) is 3.92. The van der Waals surface area contributed by atoms with E-state index in [4.69, 9.17) is 4.74 Å². The normalized spacial score (nSPS) is 12.8. The fraction of sp³-hybridized carbons (Fsp3) is 0.333. The molecular weight excluding hydrogens is 324 g/mol. The number of benzene rings is 2. The predicted molar refractivity (Wildman–Crippen MR) is 95.7 cm³/mol. The predicted octanol–water partition coefficient (Wildman–Crippen LogP) is 2.76. The molecule has 1 atom stereocenters. The van der Waals surface area contributed by atoms with Crippen molar-refractivity contribution in [2.75, 3.05) is 14.2 Å². The van der Waals surface area contributed by atoms with Gasteiger partial charge in [-0.3, -0.25) is 0 Å². The van der Waals surface area contributed by atoms with Crippen molar-refractivity contribution in [2.24, 2.45) is 0 Å². The number of aryl methyl sites for hydroxylation is 1. The van der Waals surface area contributed by atoms with Crippen molar-refractivity contribution >= 4 is 10.0 Å². The van der Waals surface area contributed by atoms with E-state index in [1.54, 1.807) is 19.2 Å². The molecule has 0 fully saturated rings. The molecule has 0 radical (unpaired) electrons. The summed E-state index contributed by atoms with van der Waals surface area (Å²) in [5, 5.41) is 3.45. The van der Waals surface area contributed by atoms with Gasteiger partial charge < -0.3 is 10.1 Å². The first-order valence-electron chi connectivity index (χ1n) is 7.77. The number of hydrogen-bond acceptors (Lipinski definition) is 4.